The molecule has 1 heterocycles. The first-order chi connectivity index (χ1) is 10.2. The molecule has 0 radical (unpaired) electrons. The largest absolute Gasteiger partial charge is 0.314 e. The minimum absolute atomic E-state index is 0.769. The Balaban J connectivity index is 1.72. The smallest absolute Gasteiger partial charge is 0.0738 e. The molecular weight excluding hydrogens is 326 g/mol. The van der Waals surface area contributed by atoms with Gasteiger partial charge in [0.1, 0.15) is 0 Å². The maximum Gasteiger partial charge on any atom is 0.0738 e. The van der Waals surface area contributed by atoms with Crippen LogP contribution in [-0.2, 0) is 13.0 Å². The van der Waals surface area contributed by atoms with Gasteiger partial charge in [0.05, 0.1) is 15.9 Å². The van der Waals surface area contributed by atoms with Crippen LogP contribution in [-0.4, -0.2) is 22.4 Å². The summed E-state index contributed by atoms with van der Waals surface area (Å²) in [7, 11) is 0. The summed E-state index contributed by atoms with van der Waals surface area (Å²) < 4.78 is 3.43. The maximum atomic E-state index is 4.67. The van der Waals surface area contributed by atoms with Gasteiger partial charge in [0.25, 0.3) is 0 Å². The predicted octanol–water partition coefficient (Wildman–Crippen LogP) is 4.07. The number of hydrogen-bond donors (Lipinski definition) is 1. The minimum atomic E-state index is 0.769. The lowest BCUT2D eigenvalue weighted by atomic mass is 9.86. The fourth-order valence-electron chi connectivity index (χ4n) is 3.75. The second kappa shape index (κ2) is 6.82. The van der Waals surface area contributed by atoms with Crippen LogP contribution in [0.3, 0.4) is 0 Å². The normalized spacial score (nSPS) is 21.1. The summed E-state index contributed by atoms with van der Waals surface area (Å²) in [6.45, 7) is 6.45. The Kier molecular flexibility index (Phi) is 5.05. The monoisotopic (exact) mass is 353 g/mol. The highest BCUT2D eigenvalue weighted by Gasteiger charge is 2.29. The van der Waals surface area contributed by atoms with Crippen molar-refractivity contribution in [2.75, 3.05) is 6.54 Å². The molecular formula is C17H28BrN3. The van der Waals surface area contributed by atoms with E-state index < -0.39 is 0 Å². The van der Waals surface area contributed by atoms with Gasteiger partial charge in [-0.05, 0) is 67.4 Å². The molecule has 1 aromatic rings. The standard InChI is InChI=1S/C17H28BrN3/c1-3-21-16(17(18)12(2)20-21)10-14(11-19-15-8-9-15)13-6-4-5-7-13/h13-15,19H,3-11H2,1-2H3. The zero-order chi connectivity index (χ0) is 14.8. The van der Waals surface area contributed by atoms with Crippen LogP contribution >= 0.6 is 15.9 Å². The Morgan fingerprint density at radius 2 is 2.00 bits per heavy atom. The van der Waals surface area contributed by atoms with Crippen LogP contribution in [0.5, 0.6) is 0 Å². The molecule has 1 N–H and O–H groups in total. The van der Waals surface area contributed by atoms with Crippen molar-refractivity contribution in [3.05, 3.63) is 15.9 Å². The minimum Gasteiger partial charge on any atom is -0.314 e. The predicted molar refractivity (Wildman–Crippen MR) is 90.5 cm³/mol. The Hall–Kier alpha value is -0.350. The van der Waals surface area contributed by atoms with E-state index in [-0.39, 0.29) is 0 Å². The maximum absolute atomic E-state index is 4.67. The summed E-state index contributed by atoms with van der Waals surface area (Å²) in [6.07, 6.45) is 9.64. The molecule has 0 aliphatic heterocycles. The molecule has 2 saturated carbocycles. The molecule has 2 fully saturated rings. The van der Waals surface area contributed by atoms with E-state index in [0.29, 0.717) is 0 Å². The van der Waals surface area contributed by atoms with Crippen LogP contribution in [0.2, 0.25) is 0 Å². The van der Waals surface area contributed by atoms with Gasteiger partial charge in [-0.1, -0.05) is 25.7 Å². The van der Waals surface area contributed by atoms with E-state index in [1.807, 2.05) is 0 Å². The zero-order valence-electron chi connectivity index (χ0n) is 13.4. The number of aromatic nitrogens is 2. The number of nitrogens with zero attached hydrogens (tertiary/aromatic N) is 2. The average Bonchev–Trinajstić information content (AvgIpc) is 3.07. The quantitative estimate of drug-likeness (QED) is 0.800. The molecule has 3 rings (SSSR count). The third-order valence-electron chi connectivity index (χ3n) is 5.22. The van der Waals surface area contributed by atoms with Gasteiger partial charge in [-0.25, -0.2) is 0 Å². The van der Waals surface area contributed by atoms with Crippen LogP contribution in [0.25, 0.3) is 0 Å². The van der Waals surface area contributed by atoms with Gasteiger partial charge >= 0.3 is 0 Å². The second-order valence-corrected chi connectivity index (χ2v) is 7.65. The van der Waals surface area contributed by atoms with Crippen molar-refractivity contribution < 1.29 is 0 Å². The highest BCUT2D eigenvalue weighted by molar-refractivity contribution is 9.10. The summed E-state index contributed by atoms with van der Waals surface area (Å²) in [5.74, 6) is 1.68. The third-order valence-corrected chi connectivity index (χ3v) is 6.25. The van der Waals surface area contributed by atoms with Crippen molar-refractivity contribution in [1.29, 1.82) is 0 Å². The fourth-order valence-corrected chi connectivity index (χ4v) is 4.20. The van der Waals surface area contributed by atoms with E-state index in [2.05, 4.69) is 44.9 Å². The van der Waals surface area contributed by atoms with Gasteiger partial charge in [0.15, 0.2) is 0 Å². The highest BCUT2D eigenvalue weighted by atomic mass is 79.9. The Bertz CT molecular complexity index is 473. The molecule has 3 nitrogen and oxygen atoms in total. The van der Waals surface area contributed by atoms with E-state index in [1.54, 1.807) is 0 Å². The van der Waals surface area contributed by atoms with Crippen molar-refractivity contribution >= 4 is 15.9 Å². The zero-order valence-corrected chi connectivity index (χ0v) is 15.0. The van der Waals surface area contributed by atoms with Crippen molar-refractivity contribution in [3.63, 3.8) is 0 Å². The van der Waals surface area contributed by atoms with Gasteiger partial charge in [-0.15, -0.1) is 0 Å². The lowest BCUT2D eigenvalue weighted by Crippen LogP contribution is -2.31. The molecule has 0 aromatic carbocycles. The van der Waals surface area contributed by atoms with Crippen molar-refractivity contribution in [1.82, 2.24) is 15.1 Å². The number of hydrogen-bond acceptors (Lipinski definition) is 2. The summed E-state index contributed by atoms with van der Waals surface area (Å²) in [5.41, 5.74) is 2.54. The summed E-state index contributed by atoms with van der Waals surface area (Å²) in [5, 5.41) is 8.44. The second-order valence-electron chi connectivity index (χ2n) is 6.85. The molecule has 0 saturated heterocycles. The first-order valence-electron chi connectivity index (χ1n) is 8.64. The summed E-state index contributed by atoms with van der Waals surface area (Å²) in [4.78, 5) is 0. The molecule has 1 unspecified atom stereocenters. The van der Waals surface area contributed by atoms with Gasteiger partial charge in [0, 0.05) is 12.6 Å². The molecule has 0 bridgehead atoms. The summed E-state index contributed by atoms with van der Waals surface area (Å²) >= 11 is 3.77. The Morgan fingerprint density at radius 3 is 2.62 bits per heavy atom. The topological polar surface area (TPSA) is 29.9 Å². The molecule has 0 amide bonds. The number of nitrogens with one attached hydrogen (secondary N) is 1. The summed E-state index contributed by atoms with van der Waals surface area (Å²) in [6, 6.07) is 0.815. The number of halogens is 1. The van der Waals surface area contributed by atoms with E-state index in [0.717, 1.165) is 30.1 Å². The van der Waals surface area contributed by atoms with E-state index >= 15 is 0 Å². The SMILES string of the molecule is CCn1nc(C)c(Br)c1CC(CNC1CC1)C1CCCC1. The van der Waals surface area contributed by atoms with Crippen LogP contribution in [0, 0.1) is 18.8 Å². The van der Waals surface area contributed by atoms with Crippen molar-refractivity contribution in [2.24, 2.45) is 11.8 Å². The Labute approximate surface area is 137 Å². The van der Waals surface area contributed by atoms with Crippen LogP contribution < -0.4 is 5.32 Å². The van der Waals surface area contributed by atoms with Gasteiger partial charge in [-0.3, -0.25) is 4.68 Å². The van der Waals surface area contributed by atoms with Gasteiger partial charge in [-0.2, -0.15) is 5.10 Å². The van der Waals surface area contributed by atoms with E-state index in [1.165, 1.54) is 61.7 Å². The van der Waals surface area contributed by atoms with E-state index in [4.69, 9.17) is 0 Å². The molecule has 1 aromatic heterocycles. The number of aryl methyl sites for hydroxylation is 2. The van der Waals surface area contributed by atoms with Gasteiger partial charge in [0.2, 0.25) is 0 Å². The third kappa shape index (κ3) is 3.70. The fraction of sp³-hybridized carbons (Fsp3) is 0.824. The van der Waals surface area contributed by atoms with Crippen molar-refractivity contribution in [2.45, 2.75) is 71.4 Å². The van der Waals surface area contributed by atoms with Crippen LogP contribution in [0.15, 0.2) is 4.47 Å². The molecule has 2 aliphatic rings. The molecule has 0 spiro atoms. The molecule has 2 aliphatic carbocycles. The lowest BCUT2D eigenvalue weighted by Gasteiger charge is -2.24. The van der Waals surface area contributed by atoms with Crippen molar-refractivity contribution in [3.8, 4) is 0 Å². The molecule has 21 heavy (non-hydrogen) atoms. The molecule has 118 valence electrons. The average molecular weight is 354 g/mol. The molecule has 4 heteroatoms. The van der Waals surface area contributed by atoms with Gasteiger partial charge < -0.3 is 5.32 Å². The first-order valence-corrected chi connectivity index (χ1v) is 9.43. The van der Waals surface area contributed by atoms with E-state index in [9.17, 15) is 0 Å². The first kappa shape index (κ1) is 15.5. The van der Waals surface area contributed by atoms with Crippen LogP contribution in [0.4, 0.5) is 0 Å². The lowest BCUT2D eigenvalue weighted by molar-refractivity contribution is 0.313. The molecule has 1 atom stereocenters. The Morgan fingerprint density at radius 1 is 1.29 bits per heavy atom. The van der Waals surface area contributed by atoms with Crippen LogP contribution in [0.1, 0.15) is 56.8 Å². The highest BCUT2D eigenvalue weighted by Crippen LogP contribution is 2.35. The number of rotatable bonds is 7.